The highest BCUT2D eigenvalue weighted by molar-refractivity contribution is 5.25. The lowest BCUT2D eigenvalue weighted by Gasteiger charge is -2.23. The van der Waals surface area contributed by atoms with Gasteiger partial charge < -0.3 is 5.73 Å². The van der Waals surface area contributed by atoms with Gasteiger partial charge in [-0.05, 0) is 42.9 Å². The van der Waals surface area contributed by atoms with Gasteiger partial charge in [0, 0.05) is 6.04 Å². The molecular weight excluding hydrogens is 263 g/mol. The summed E-state index contributed by atoms with van der Waals surface area (Å²) in [6, 6.07) is 5.37. The standard InChI is InChI=1S/C16H24F3N/c1-3-5-13(6-4-2)15(20)11-12-7-9-14(10-8-12)16(17,18)19/h7-10,13,15H,3-6,11,20H2,1-2H3. The van der Waals surface area contributed by atoms with Crippen LogP contribution in [0.2, 0.25) is 0 Å². The molecule has 0 aliphatic heterocycles. The van der Waals surface area contributed by atoms with Crippen LogP contribution < -0.4 is 5.73 Å². The second kappa shape index (κ2) is 7.67. The Morgan fingerprint density at radius 3 is 1.90 bits per heavy atom. The number of nitrogens with two attached hydrogens (primary N) is 1. The molecule has 1 nitrogen and oxygen atoms in total. The Morgan fingerprint density at radius 1 is 1.00 bits per heavy atom. The normalized spacial score (nSPS) is 13.8. The van der Waals surface area contributed by atoms with Gasteiger partial charge in [0.1, 0.15) is 0 Å². The van der Waals surface area contributed by atoms with Crippen molar-refractivity contribution in [2.75, 3.05) is 0 Å². The lowest BCUT2D eigenvalue weighted by molar-refractivity contribution is -0.137. The molecule has 0 amide bonds. The minimum absolute atomic E-state index is 0.0200. The highest BCUT2D eigenvalue weighted by atomic mass is 19.4. The third-order valence-electron chi connectivity index (χ3n) is 3.68. The summed E-state index contributed by atoms with van der Waals surface area (Å²) in [6.07, 6.45) is 0.707. The molecule has 0 spiro atoms. The highest BCUT2D eigenvalue weighted by Crippen LogP contribution is 2.29. The van der Waals surface area contributed by atoms with Gasteiger partial charge in [0.15, 0.2) is 0 Å². The van der Waals surface area contributed by atoms with E-state index in [4.69, 9.17) is 5.73 Å². The third-order valence-corrected chi connectivity index (χ3v) is 3.68. The van der Waals surface area contributed by atoms with E-state index < -0.39 is 11.7 Å². The van der Waals surface area contributed by atoms with E-state index in [-0.39, 0.29) is 6.04 Å². The Bertz CT molecular complexity index is 378. The molecule has 4 heteroatoms. The average Bonchev–Trinajstić information content (AvgIpc) is 2.38. The molecular formula is C16H24F3N. The highest BCUT2D eigenvalue weighted by Gasteiger charge is 2.30. The lowest BCUT2D eigenvalue weighted by Crippen LogP contribution is -2.32. The fourth-order valence-corrected chi connectivity index (χ4v) is 2.58. The van der Waals surface area contributed by atoms with Crippen molar-refractivity contribution >= 4 is 0 Å². The van der Waals surface area contributed by atoms with Gasteiger partial charge in [0.25, 0.3) is 0 Å². The Balaban J connectivity index is 2.67. The molecule has 1 rings (SSSR count). The molecule has 0 aliphatic rings. The zero-order valence-corrected chi connectivity index (χ0v) is 12.2. The number of halogens is 3. The molecule has 1 atom stereocenters. The molecule has 1 aromatic carbocycles. The fraction of sp³-hybridized carbons (Fsp3) is 0.625. The van der Waals surface area contributed by atoms with Crippen molar-refractivity contribution in [2.45, 2.75) is 58.2 Å². The summed E-state index contributed by atoms with van der Waals surface area (Å²) >= 11 is 0. The molecule has 0 aliphatic carbocycles. The minimum Gasteiger partial charge on any atom is -0.327 e. The van der Waals surface area contributed by atoms with Crippen molar-refractivity contribution < 1.29 is 13.2 Å². The molecule has 0 fully saturated rings. The van der Waals surface area contributed by atoms with Crippen molar-refractivity contribution in [1.82, 2.24) is 0 Å². The molecule has 1 unspecified atom stereocenters. The van der Waals surface area contributed by atoms with E-state index in [9.17, 15) is 13.2 Å². The maximum atomic E-state index is 12.5. The zero-order chi connectivity index (χ0) is 15.2. The monoisotopic (exact) mass is 287 g/mol. The Morgan fingerprint density at radius 2 is 1.50 bits per heavy atom. The zero-order valence-electron chi connectivity index (χ0n) is 12.2. The largest absolute Gasteiger partial charge is 0.416 e. The van der Waals surface area contributed by atoms with E-state index in [1.54, 1.807) is 0 Å². The minimum atomic E-state index is -4.27. The van der Waals surface area contributed by atoms with Gasteiger partial charge in [0.2, 0.25) is 0 Å². The summed E-state index contributed by atoms with van der Waals surface area (Å²) in [7, 11) is 0. The van der Waals surface area contributed by atoms with Crippen LogP contribution >= 0.6 is 0 Å². The van der Waals surface area contributed by atoms with Crippen LogP contribution in [0.5, 0.6) is 0 Å². The van der Waals surface area contributed by atoms with Crippen LogP contribution in [0, 0.1) is 5.92 Å². The third kappa shape index (κ3) is 5.16. The molecule has 0 saturated heterocycles. The first-order valence-corrected chi connectivity index (χ1v) is 7.30. The number of hydrogen-bond donors (Lipinski definition) is 1. The SMILES string of the molecule is CCCC(CCC)C(N)Cc1ccc(C(F)(F)F)cc1. The first-order chi connectivity index (χ1) is 9.38. The number of rotatable bonds is 7. The summed E-state index contributed by atoms with van der Waals surface area (Å²) < 4.78 is 37.5. The van der Waals surface area contributed by atoms with Crippen LogP contribution in [0.4, 0.5) is 13.2 Å². The molecule has 20 heavy (non-hydrogen) atoms. The van der Waals surface area contributed by atoms with Gasteiger partial charge in [-0.3, -0.25) is 0 Å². The van der Waals surface area contributed by atoms with Crippen LogP contribution in [0.25, 0.3) is 0 Å². The second-order valence-electron chi connectivity index (χ2n) is 5.40. The van der Waals surface area contributed by atoms with Gasteiger partial charge in [-0.1, -0.05) is 38.8 Å². The van der Waals surface area contributed by atoms with E-state index in [0.717, 1.165) is 43.4 Å². The van der Waals surface area contributed by atoms with Crippen LogP contribution in [-0.4, -0.2) is 6.04 Å². The molecule has 2 N–H and O–H groups in total. The summed E-state index contributed by atoms with van der Waals surface area (Å²) in [4.78, 5) is 0. The van der Waals surface area contributed by atoms with Crippen molar-refractivity contribution in [1.29, 1.82) is 0 Å². The van der Waals surface area contributed by atoms with Gasteiger partial charge in [-0.15, -0.1) is 0 Å². The van der Waals surface area contributed by atoms with Gasteiger partial charge in [-0.2, -0.15) is 13.2 Å². The van der Waals surface area contributed by atoms with Gasteiger partial charge in [-0.25, -0.2) is 0 Å². The first-order valence-electron chi connectivity index (χ1n) is 7.30. The van der Waals surface area contributed by atoms with Crippen molar-refractivity contribution in [2.24, 2.45) is 11.7 Å². The predicted molar refractivity (Wildman–Crippen MR) is 76.4 cm³/mol. The predicted octanol–water partition coefficient (Wildman–Crippen LogP) is 4.79. The van der Waals surface area contributed by atoms with Crippen molar-refractivity contribution in [3.05, 3.63) is 35.4 Å². The molecule has 0 radical (unpaired) electrons. The second-order valence-corrected chi connectivity index (χ2v) is 5.40. The van der Waals surface area contributed by atoms with E-state index in [1.807, 2.05) is 0 Å². The number of benzene rings is 1. The maximum absolute atomic E-state index is 12.5. The Hall–Kier alpha value is -1.03. The Kier molecular flexibility index (Phi) is 6.53. The Labute approximate surface area is 119 Å². The van der Waals surface area contributed by atoms with Crippen molar-refractivity contribution in [3.8, 4) is 0 Å². The smallest absolute Gasteiger partial charge is 0.327 e. The molecule has 1 aromatic rings. The molecule has 0 aromatic heterocycles. The van der Waals surface area contributed by atoms with Crippen molar-refractivity contribution in [3.63, 3.8) is 0 Å². The van der Waals surface area contributed by atoms with Crippen LogP contribution in [-0.2, 0) is 12.6 Å². The molecule has 0 heterocycles. The van der Waals surface area contributed by atoms with E-state index in [1.165, 1.54) is 12.1 Å². The fourth-order valence-electron chi connectivity index (χ4n) is 2.58. The molecule has 114 valence electrons. The number of hydrogen-bond acceptors (Lipinski definition) is 1. The summed E-state index contributed by atoms with van der Waals surface area (Å²) in [5.74, 6) is 0.451. The van der Waals surface area contributed by atoms with E-state index in [2.05, 4.69) is 13.8 Å². The lowest BCUT2D eigenvalue weighted by atomic mass is 9.87. The summed E-state index contributed by atoms with van der Waals surface area (Å²) in [5.41, 5.74) is 6.50. The van der Waals surface area contributed by atoms with Crippen LogP contribution in [0.15, 0.2) is 24.3 Å². The maximum Gasteiger partial charge on any atom is 0.416 e. The first kappa shape index (κ1) is 17.0. The molecule has 0 bridgehead atoms. The summed E-state index contributed by atoms with van der Waals surface area (Å²) in [5, 5.41) is 0. The van der Waals surface area contributed by atoms with Gasteiger partial charge in [0.05, 0.1) is 5.56 Å². The van der Waals surface area contributed by atoms with Crippen LogP contribution in [0.3, 0.4) is 0 Å². The molecule has 0 saturated carbocycles. The van der Waals surface area contributed by atoms with E-state index in [0.29, 0.717) is 12.3 Å². The number of alkyl halides is 3. The van der Waals surface area contributed by atoms with E-state index >= 15 is 0 Å². The quantitative estimate of drug-likeness (QED) is 0.766. The topological polar surface area (TPSA) is 26.0 Å². The summed E-state index contributed by atoms with van der Waals surface area (Å²) in [6.45, 7) is 4.26. The average molecular weight is 287 g/mol. The van der Waals surface area contributed by atoms with Crippen LogP contribution in [0.1, 0.15) is 50.7 Å². The van der Waals surface area contributed by atoms with Gasteiger partial charge >= 0.3 is 6.18 Å².